The van der Waals surface area contributed by atoms with E-state index in [9.17, 15) is 0 Å². The molecule has 0 saturated carbocycles. The molecule has 1 N–H and O–H groups in total. The van der Waals surface area contributed by atoms with E-state index in [1.165, 1.54) is 5.56 Å². The molecule has 3 rings (SSSR count). The van der Waals surface area contributed by atoms with Crippen LogP contribution in [0.4, 0.5) is 0 Å². The second-order valence-corrected chi connectivity index (χ2v) is 4.61. The van der Waals surface area contributed by atoms with Crippen LogP contribution in [0.1, 0.15) is 5.56 Å². The molecule has 0 aliphatic carbocycles. The molecule has 0 aliphatic heterocycles. The maximum atomic E-state index is 6.01. The highest BCUT2D eigenvalue weighted by molar-refractivity contribution is 5.84. The first-order chi connectivity index (χ1) is 9.86. The second-order valence-electron chi connectivity index (χ2n) is 4.61. The summed E-state index contributed by atoms with van der Waals surface area (Å²) in [6.45, 7) is 0.828. The number of nitrogens with one attached hydrogen (secondary N) is 1. The van der Waals surface area contributed by atoms with E-state index in [0.717, 1.165) is 28.9 Å². The summed E-state index contributed by atoms with van der Waals surface area (Å²) >= 11 is 0. The maximum Gasteiger partial charge on any atom is 0.138 e. The van der Waals surface area contributed by atoms with Crippen LogP contribution < -0.4 is 10.1 Å². The Hall–Kier alpha value is -2.39. The Morgan fingerprint density at radius 2 is 1.95 bits per heavy atom. The molecule has 0 amide bonds. The zero-order valence-corrected chi connectivity index (χ0v) is 11.3. The monoisotopic (exact) mass is 264 g/mol. The highest BCUT2D eigenvalue weighted by atomic mass is 16.5. The van der Waals surface area contributed by atoms with Gasteiger partial charge in [-0.2, -0.15) is 0 Å². The highest BCUT2D eigenvalue weighted by Crippen LogP contribution is 2.28. The molecule has 0 saturated heterocycles. The molecular weight excluding hydrogens is 248 g/mol. The summed E-state index contributed by atoms with van der Waals surface area (Å²) in [5.41, 5.74) is 2.14. The van der Waals surface area contributed by atoms with Crippen LogP contribution in [-0.2, 0) is 6.54 Å². The number of ether oxygens (including phenoxy) is 1. The molecule has 1 aromatic heterocycles. The zero-order chi connectivity index (χ0) is 13.8. The van der Waals surface area contributed by atoms with E-state index in [2.05, 4.69) is 16.4 Å². The summed E-state index contributed by atoms with van der Waals surface area (Å²) in [7, 11) is 1.93. The molecule has 3 aromatic rings. The Bertz CT molecular complexity index is 720. The van der Waals surface area contributed by atoms with Crippen molar-refractivity contribution in [2.75, 3.05) is 7.05 Å². The van der Waals surface area contributed by atoms with Gasteiger partial charge in [0, 0.05) is 18.1 Å². The number of nitrogens with zero attached hydrogens (tertiary/aromatic N) is 1. The van der Waals surface area contributed by atoms with Gasteiger partial charge >= 0.3 is 0 Å². The molecule has 3 heteroatoms. The minimum atomic E-state index is 0.828. The number of rotatable bonds is 4. The van der Waals surface area contributed by atoms with Crippen LogP contribution >= 0.6 is 0 Å². The van der Waals surface area contributed by atoms with Gasteiger partial charge in [0.2, 0.25) is 0 Å². The summed E-state index contributed by atoms with van der Waals surface area (Å²) in [4.78, 5) is 4.34. The van der Waals surface area contributed by atoms with Crippen LogP contribution in [-0.4, -0.2) is 12.0 Å². The van der Waals surface area contributed by atoms with E-state index in [4.69, 9.17) is 4.74 Å². The topological polar surface area (TPSA) is 34.1 Å². The van der Waals surface area contributed by atoms with Crippen molar-refractivity contribution < 1.29 is 4.74 Å². The average molecular weight is 264 g/mol. The Kier molecular flexibility index (Phi) is 3.61. The van der Waals surface area contributed by atoms with Gasteiger partial charge in [-0.05, 0) is 42.9 Å². The van der Waals surface area contributed by atoms with E-state index in [0.29, 0.717) is 0 Å². The predicted octanol–water partition coefficient (Wildman–Crippen LogP) is 3.75. The Morgan fingerprint density at radius 3 is 2.85 bits per heavy atom. The lowest BCUT2D eigenvalue weighted by molar-refractivity contribution is 0.487. The molecule has 0 bridgehead atoms. The SMILES string of the molecule is CNCc1cccc(Oc2ccnc3ccccc23)c1. The second kappa shape index (κ2) is 5.72. The first kappa shape index (κ1) is 12.6. The van der Waals surface area contributed by atoms with Gasteiger partial charge in [0.05, 0.1) is 5.52 Å². The molecule has 0 atom stereocenters. The van der Waals surface area contributed by atoms with Gasteiger partial charge in [0.1, 0.15) is 11.5 Å². The summed E-state index contributed by atoms with van der Waals surface area (Å²) in [6.07, 6.45) is 1.77. The van der Waals surface area contributed by atoms with Gasteiger partial charge in [0.25, 0.3) is 0 Å². The maximum absolute atomic E-state index is 6.01. The van der Waals surface area contributed by atoms with Gasteiger partial charge in [0.15, 0.2) is 0 Å². The number of para-hydroxylation sites is 1. The van der Waals surface area contributed by atoms with Gasteiger partial charge in [-0.25, -0.2) is 0 Å². The molecule has 3 nitrogen and oxygen atoms in total. The Balaban J connectivity index is 1.95. The van der Waals surface area contributed by atoms with Crippen molar-refractivity contribution in [1.29, 1.82) is 0 Å². The zero-order valence-electron chi connectivity index (χ0n) is 11.3. The quantitative estimate of drug-likeness (QED) is 0.779. The van der Waals surface area contributed by atoms with Crippen LogP contribution in [0, 0.1) is 0 Å². The van der Waals surface area contributed by atoms with Crippen LogP contribution in [0.15, 0.2) is 60.8 Å². The Morgan fingerprint density at radius 1 is 1.05 bits per heavy atom. The number of fused-ring (bicyclic) bond motifs is 1. The van der Waals surface area contributed by atoms with Crippen molar-refractivity contribution >= 4 is 10.9 Å². The molecular formula is C17H16N2O. The van der Waals surface area contributed by atoms with Gasteiger partial charge in [-0.15, -0.1) is 0 Å². The van der Waals surface area contributed by atoms with Crippen LogP contribution in [0.2, 0.25) is 0 Å². The normalized spacial score (nSPS) is 10.7. The number of hydrogen-bond donors (Lipinski definition) is 1. The summed E-state index contributed by atoms with van der Waals surface area (Å²) < 4.78 is 6.01. The van der Waals surface area contributed by atoms with E-state index in [1.807, 2.05) is 55.6 Å². The first-order valence-electron chi connectivity index (χ1n) is 6.62. The van der Waals surface area contributed by atoms with Crippen LogP contribution in [0.25, 0.3) is 10.9 Å². The fraction of sp³-hybridized carbons (Fsp3) is 0.118. The fourth-order valence-corrected chi connectivity index (χ4v) is 2.21. The van der Waals surface area contributed by atoms with Crippen molar-refractivity contribution in [2.24, 2.45) is 0 Å². The third kappa shape index (κ3) is 2.63. The predicted molar refractivity (Wildman–Crippen MR) is 81.0 cm³/mol. The lowest BCUT2D eigenvalue weighted by Crippen LogP contribution is -2.04. The smallest absolute Gasteiger partial charge is 0.138 e. The largest absolute Gasteiger partial charge is 0.457 e. The third-order valence-corrected chi connectivity index (χ3v) is 3.12. The molecule has 0 aliphatic rings. The lowest BCUT2D eigenvalue weighted by Gasteiger charge is -2.09. The molecule has 2 aromatic carbocycles. The summed E-state index contributed by atoms with van der Waals surface area (Å²) in [6, 6.07) is 18.0. The van der Waals surface area contributed by atoms with Crippen LogP contribution in [0.3, 0.4) is 0 Å². The lowest BCUT2D eigenvalue weighted by atomic mass is 10.2. The minimum Gasteiger partial charge on any atom is -0.457 e. The molecule has 0 spiro atoms. The average Bonchev–Trinajstić information content (AvgIpc) is 2.48. The van der Waals surface area contributed by atoms with E-state index in [-0.39, 0.29) is 0 Å². The van der Waals surface area contributed by atoms with Crippen molar-refractivity contribution in [3.8, 4) is 11.5 Å². The third-order valence-electron chi connectivity index (χ3n) is 3.12. The van der Waals surface area contributed by atoms with Crippen molar-refractivity contribution in [3.63, 3.8) is 0 Å². The van der Waals surface area contributed by atoms with Crippen molar-refractivity contribution in [2.45, 2.75) is 6.54 Å². The molecule has 100 valence electrons. The van der Waals surface area contributed by atoms with Gasteiger partial charge < -0.3 is 10.1 Å². The number of hydrogen-bond acceptors (Lipinski definition) is 3. The number of pyridine rings is 1. The summed E-state index contributed by atoms with van der Waals surface area (Å²) in [5.74, 6) is 1.67. The van der Waals surface area contributed by atoms with E-state index in [1.54, 1.807) is 6.20 Å². The van der Waals surface area contributed by atoms with E-state index < -0.39 is 0 Å². The number of benzene rings is 2. The molecule has 1 heterocycles. The molecule has 0 unspecified atom stereocenters. The van der Waals surface area contributed by atoms with Gasteiger partial charge in [-0.3, -0.25) is 4.98 Å². The van der Waals surface area contributed by atoms with Gasteiger partial charge in [-0.1, -0.05) is 24.3 Å². The van der Waals surface area contributed by atoms with Crippen molar-refractivity contribution in [3.05, 3.63) is 66.4 Å². The standard InChI is InChI=1S/C17H16N2O/c1-18-12-13-5-4-6-14(11-13)20-17-9-10-19-16-8-3-2-7-15(16)17/h2-11,18H,12H2,1H3. The molecule has 0 radical (unpaired) electrons. The van der Waals surface area contributed by atoms with E-state index >= 15 is 0 Å². The highest BCUT2D eigenvalue weighted by Gasteiger charge is 2.04. The fourth-order valence-electron chi connectivity index (χ4n) is 2.21. The van der Waals surface area contributed by atoms with Crippen molar-refractivity contribution in [1.82, 2.24) is 10.3 Å². The first-order valence-corrected chi connectivity index (χ1v) is 6.62. The minimum absolute atomic E-state index is 0.828. The van der Waals surface area contributed by atoms with Crippen LogP contribution in [0.5, 0.6) is 11.5 Å². The Labute approximate surface area is 118 Å². The molecule has 0 fully saturated rings. The molecule has 20 heavy (non-hydrogen) atoms. The number of aromatic nitrogens is 1. The summed E-state index contributed by atoms with van der Waals surface area (Å²) in [5, 5.41) is 4.16.